The summed E-state index contributed by atoms with van der Waals surface area (Å²) in [5.41, 5.74) is 5.74. The van der Waals surface area contributed by atoms with E-state index in [-0.39, 0.29) is 42.9 Å². The predicted molar refractivity (Wildman–Crippen MR) is 94.0 cm³/mol. The summed E-state index contributed by atoms with van der Waals surface area (Å²) in [7, 11) is 0. The highest BCUT2D eigenvalue weighted by atomic mass is 16.6. The molecule has 28 heavy (non-hydrogen) atoms. The quantitative estimate of drug-likeness (QED) is 0.361. The van der Waals surface area contributed by atoms with E-state index in [1.54, 1.807) is 6.07 Å². The second kappa shape index (κ2) is 7.30. The maximum absolute atomic E-state index is 12.0. The third-order valence-corrected chi connectivity index (χ3v) is 4.68. The molecule has 0 spiro atoms. The van der Waals surface area contributed by atoms with Gasteiger partial charge < -0.3 is 40.3 Å². The number of ether oxygens (including phenoxy) is 1. The Balaban J connectivity index is 1.70. The second-order valence-electron chi connectivity index (χ2n) is 6.93. The summed E-state index contributed by atoms with van der Waals surface area (Å²) in [4.78, 5) is 35.7. The van der Waals surface area contributed by atoms with Crippen molar-refractivity contribution in [3.05, 3.63) is 23.3 Å². The first-order valence-corrected chi connectivity index (χ1v) is 8.68. The van der Waals surface area contributed by atoms with Crippen molar-refractivity contribution in [2.75, 3.05) is 13.1 Å². The van der Waals surface area contributed by atoms with Crippen LogP contribution >= 0.6 is 0 Å². The number of nitrogens with two attached hydrogens (primary N) is 1. The Morgan fingerprint density at radius 1 is 1.29 bits per heavy atom. The van der Waals surface area contributed by atoms with Crippen LogP contribution in [0.1, 0.15) is 22.3 Å². The molecule has 1 atom stereocenters. The van der Waals surface area contributed by atoms with E-state index in [0.29, 0.717) is 5.56 Å². The lowest BCUT2D eigenvalue weighted by Crippen LogP contribution is -2.60. The molecule has 0 radical (unpaired) electrons. The zero-order valence-electron chi connectivity index (χ0n) is 14.8. The molecule has 1 amide bonds. The number of amides is 1. The number of aliphatic carboxylic acids is 1. The van der Waals surface area contributed by atoms with Crippen LogP contribution in [0.3, 0.4) is 0 Å². The van der Waals surface area contributed by atoms with Gasteiger partial charge in [-0.2, -0.15) is 0 Å². The molecule has 0 bridgehead atoms. The number of hydrogen-bond acceptors (Lipinski definition) is 8. The van der Waals surface area contributed by atoms with Gasteiger partial charge >= 0.3 is 18.7 Å². The molecular weight excluding hydrogens is 375 g/mol. The molecule has 152 valence electrons. The van der Waals surface area contributed by atoms with Gasteiger partial charge in [0.15, 0.2) is 0 Å². The van der Waals surface area contributed by atoms with Crippen LogP contribution in [0.15, 0.2) is 12.1 Å². The summed E-state index contributed by atoms with van der Waals surface area (Å²) < 4.78 is 10.7. The Hall–Kier alpha value is -2.83. The minimum Gasteiger partial charge on any atom is -0.669 e. The van der Waals surface area contributed by atoms with E-state index in [2.05, 4.69) is 0 Å². The minimum absolute atomic E-state index is 0.0216. The van der Waals surface area contributed by atoms with Gasteiger partial charge in [0.1, 0.15) is 17.4 Å². The number of rotatable bonds is 6. The number of carbonyl (C=O) groups is 3. The van der Waals surface area contributed by atoms with Gasteiger partial charge in [-0.1, -0.05) is 12.4 Å². The van der Waals surface area contributed by atoms with Crippen molar-refractivity contribution >= 4 is 24.6 Å². The van der Waals surface area contributed by atoms with Gasteiger partial charge in [-0.25, -0.2) is 4.79 Å². The molecule has 12 heteroatoms. The number of aromatic carboxylic acids is 1. The van der Waals surface area contributed by atoms with Crippen molar-refractivity contribution in [3.63, 3.8) is 0 Å². The van der Waals surface area contributed by atoms with E-state index in [4.69, 9.17) is 20.2 Å². The Labute approximate surface area is 159 Å². The molecule has 2 aliphatic rings. The lowest BCUT2D eigenvalue weighted by molar-refractivity contribution is -0.146. The monoisotopic (exact) mass is 395 g/mol. The van der Waals surface area contributed by atoms with Crippen LogP contribution in [-0.2, 0) is 16.0 Å². The Bertz CT molecular complexity index is 823. The van der Waals surface area contributed by atoms with Crippen molar-refractivity contribution in [2.45, 2.75) is 31.3 Å². The molecule has 1 fully saturated rings. The lowest BCUT2D eigenvalue weighted by atomic mass is 9.70. The van der Waals surface area contributed by atoms with Crippen LogP contribution in [0.5, 0.6) is 11.5 Å². The van der Waals surface area contributed by atoms with E-state index in [1.165, 1.54) is 11.0 Å². The molecular formula is C16H20BN2O9-. The highest BCUT2D eigenvalue weighted by Crippen LogP contribution is 2.38. The number of carboxylic acids is 2. The number of hydrogen-bond donors (Lipinski definition) is 5. The molecule has 0 saturated carbocycles. The molecule has 2 aliphatic heterocycles. The number of carboxylic acid groups (broad SMARTS) is 2. The number of aryl methyl sites for hydroxylation is 1. The summed E-state index contributed by atoms with van der Waals surface area (Å²) in [6, 6.07) is 1.89. The summed E-state index contributed by atoms with van der Waals surface area (Å²) in [5.74, 6) is -3.22. The van der Waals surface area contributed by atoms with Crippen molar-refractivity contribution in [1.82, 2.24) is 4.90 Å². The summed E-state index contributed by atoms with van der Waals surface area (Å²) in [5, 5.41) is 37.7. The Morgan fingerprint density at radius 3 is 2.57 bits per heavy atom. The van der Waals surface area contributed by atoms with Crippen molar-refractivity contribution in [1.29, 1.82) is 0 Å². The van der Waals surface area contributed by atoms with Gasteiger partial charge in [0.25, 0.3) is 0 Å². The standard InChI is InChI=1S/C16H20BN2O9/c18-10(5-12(20)21)15(22)19-6-9(7-19)27-11-2-1-8-3-4-17(25,26)28-14(8)13(11)16(23)24/h1-2,9-10,25-26H,3-7,18H2,(H,20,21)(H,23,24)/q-1. The van der Waals surface area contributed by atoms with E-state index < -0.39 is 43.2 Å². The fourth-order valence-electron chi connectivity index (χ4n) is 3.21. The Kier molecular flexibility index (Phi) is 5.19. The first-order valence-electron chi connectivity index (χ1n) is 8.68. The van der Waals surface area contributed by atoms with Gasteiger partial charge in [0.05, 0.1) is 31.3 Å². The van der Waals surface area contributed by atoms with Crippen LogP contribution in [0.25, 0.3) is 0 Å². The van der Waals surface area contributed by atoms with Crippen molar-refractivity contribution in [2.24, 2.45) is 5.73 Å². The average Bonchev–Trinajstić information content (AvgIpc) is 2.54. The highest BCUT2D eigenvalue weighted by molar-refractivity contribution is 6.59. The van der Waals surface area contributed by atoms with E-state index in [1.807, 2.05) is 0 Å². The third-order valence-electron chi connectivity index (χ3n) is 4.68. The zero-order chi connectivity index (χ0) is 20.6. The molecule has 1 saturated heterocycles. The van der Waals surface area contributed by atoms with Crippen LogP contribution in [0.2, 0.25) is 6.32 Å². The molecule has 11 nitrogen and oxygen atoms in total. The van der Waals surface area contributed by atoms with E-state index in [0.717, 1.165) is 0 Å². The molecule has 0 aromatic heterocycles. The molecule has 2 heterocycles. The van der Waals surface area contributed by atoms with Gasteiger partial charge in [0.2, 0.25) is 5.91 Å². The second-order valence-corrected chi connectivity index (χ2v) is 6.93. The largest absolute Gasteiger partial charge is 0.669 e. The maximum Gasteiger partial charge on any atom is 0.430 e. The summed E-state index contributed by atoms with van der Waals surface area (Å²) in [6.07, 6.45) is -0.796. The molecule has 3 rings (SSSR count). The molecule has 1 aromatic carbocycles. The van der Waals surface area contributed by atoms with Gasteiger partial charge in [-0.05, 0) is 18.1 Å². The highest BCUT2D eigenvalue weighted by Gasteiger charge is 2.37. The first kappa shape index (κ1) is 19.9. The average molecular weight is 395 g/mol. The van der Waals surface area contributed by atoms with Crippen LogP contribution in [0.4, 0.5) is 0 Å². The van der Waals surface area contributed by atoms with Gasteiger partial charge in [-0.3, -0.25) is 9.59 Å². The van der Waals surface area contributed by atoms with Crippen molar-refractivity contribution < 1.29 is 44.0 Å². The molecule has 1 aromatic rings. The van der Waals surface area contributed by atoms with E-state index >= 15 is 0 Å². The number of nitrogens with zero attached hydrogens (tertiary/aromatic N) is 1. The van der Waals surface area contributed by atoms with Crippen LogP contribution < -0.4 is 15.1 Å². The summed E-state index contributed by atoms with van der Waals surface area (Å²) >= 11 is 0. The predicted octanol–water partition coefficient (Wildman–Crippen LogP) is -1.37. The van der Waals surface area contributed by atoms with Gasteiger partial charge in [-0.15, -0.1) is 0 Å². The molecule has 6 N–H and O–H groups in total. The van der Waals surface area contributed by atoms with Crippen molar-refractivity contribution in [3.8, 4) is 11.5 Å². The fourth-order valence-corrected chi connectivity index (χ4v) is 3.21. The maximum atomic E-state index is 12.0. The van der Waals surface area contributed by atoms with Crippen LogP contribution in [0, 0.1) is 0 Å². The number of likely N-dealkylation sites (tertiary alicyclic amines) is 1. The smallest absolute Gasteiger partial charge is 0.430 e. The summed E-state index contributed by atoms with van der Waals surface area (Å²) in [6.45, 7) is -2.89. The lowest BCUT2D eigenvalue weighted by Gasteiger charge is -2.41. The normalized spacial score (nSPS) is 19.0. The number of carbonyl (C=O) groups excluding carboxylic acids is 1. The Morgan fingerprint density at radius 2 is 1.96 bits per heavy atom. The SMILES string of the molecule is NC(CC(=O)O)C(=O)N1CC(Oc2ccc3c(c2C(=O)O)O[B-](O)(O)CC3)C1. The minimum atomic E-state index is -3.14. The first-order chi connectivity index (χ1) is 13.1. The topological polar surface area (TPSA) is 180 Å². The zero-order valence-corrected chi connectivity index (χ0v) is 14.8. The number of benzene rings is 1. The number of fused-ring (bicyclic) bond motifs is 1. The van der Waals surface area contributed by atoms with E-state index in [9.17, 15) is 29.5 Å². The fraction of sp³-hybridized carbons (Fsp3) is 0.438. The molecule has 0 aliphatic carbocycles. The molecule has 1 unspecified atom stereocenters. The van der Waals surface area contributed by atoms with Crippen LogP contribution in [-0.4, -0.2) is 75.0 Å². The van der Waals surface area contributed by atoms with Gasteiger partial charge in [0, 0.05) is 0 Å². The third kappa shape index (κ3) is 4.03.